The van der Waals surface area contributed by atoms with Gasteiger partial charge in [-0.05, 0) is 64.1 Å². The van der Waals surface area contributed by atoms with E-state index in [-0.39, 0.29) is 5.41 Å². The van der Waals surface area contributed by atoms with Crippen LogP contribution >= 0.6 is 0 Å². The number of hydrogen-bond donors (Lipinski definition) is 1. The topological polar surface area (TPSA) is 12.0 Å². The zero-order chi connectivity index (χ0) is 24.5. The Balaban J connectivity index is 1.65. The molecule has 0 aliphatic carbocycles. The maximum Gasteiger partial charge on any atom is 0.159 e. The Morgan fingerprint density at radius 1 is 0.588 bits per heavy atom. The summed E-state index contributed by atoms with van der Waals surface area (Å²) in [6.45, 7) is 10.7. The Morgan fingerprint density at radius 3 is 1.82 bits per heavy atom. The molecule has 0 fully saturated rings. The number of anilines is 2. The van der Waals surface area contributed by atoms with Crippen LogP contribution < -0.4 is 5.32 Å². The SMILES string of the molecule is CC(C)(C)c1ccc(Nc2ccc(C(C)(C)c3ccc(F)c(F)c3)cc2)c(-c2ccccc2)c1. The summed E-state index contributed by atoms with van der Waals surface area (Å²) in [6.07, 6.45) is 0. The molecule has 0 saturated carbocycles. The average molecular weight is 456 g/mol. The van der Waals surface area contributed by atoms with Crippen LogP contribution in [0, 0.1) is 11.6 Å². The van der Waals surface area contributed by atoms with Crippen LogP contribution in [0.4, 0.5) is 20.2 Å². The predicted molar refractivity (Wildman–Crippen MR) is 139 cm³/mol. The van der Waals surface area contributed by atoms with Gasteiger partial charge in [0.25, 0.3) is 0 Å². The van der Waals surface area contributed by atoms with Gasteiger partial charge in [-0.1, -0.05) is 89.2 Å². The Hall–Kier alpha value is -3.46. The van der Waals surface area contributed by atoms with Crippen LogP contribution in [-0.2, 0) is 10.8 Å². The number of benzene rings is 4. The highest BCUT2D eigenvalue weighted by atomic mass is 19.2. The fourth-order valence-electron chi connectivity index (χ4n) is 4.15. The first-order chi connectivity index (χ1) is 16.1. The van der Waals surface area contributed by atoms with E-state index in [1.807, 2.05) is 44.2 Å². The molecule has 0 aliphatic heterocycles. The van der Waals surface area contributed by atoms with Crippen LogP contribution in [0.1, 0.15) is 51.3 Å². The highest BCUT2D eigenvalue weighted by Gasteiger charge is 2.24. The molecule has 174 valence electrons. The largest absolute Gasteiger partial charge is 0.355 e. The molecular weight excluding hydrogens is 424 g/mol. The summed E-state index contributed by atoms with van der Waals surface area (Å²) >= 11 is 0. The van der Waals surface area contributed by atoms with Crippen molar-refractivity contribution < 1.29 is 8.78 Å². The fourth-order valence-corrected chi connectivity index (χ4v) is 4.15. The lowest BCUT2D eigenvalue weighted by molar-refractivity contribution is 0.502. The van der Waals surface area contributed by atoms with Gasteiger partial charge in [0.2, 0.25) is 0 Å². The first-order valence-corrected chi connectivity index (χ1v) is 11.6. The standard InChI is InChI=1S/C31H31F2N/c1-30(2,3)23-14-18-29(26(19-23)21-9-7-6-8-10-21)34-25-15-11-22(12-16-25)31(4,5)24-13-17-27(32)28(33)20-24/h6-20,34H,1-5H3. The lowest BCUT2D eigenvalue weighted by Gasteiger charge is -2.26. The smallest absolute Gasteiger partial charge is 0.159 e. The van der Waals surface area contributed by atoms with Gasteiger partial charge in [0.15, 0.2) is 11.6 Å². The molecule has 3 heteroatoms. The molecule has 0 amide bonds. The molecule has 1 N–H and O–H groups in total. The van der Waals surface area contributed by atoms with Crippen molar-refractivity contribution >= 4 is 11.4 Å². The minimum absolute atomic E-state index is 0.0507. The van der Waals surface area contributed by atoms with Crippen molar-refractivity contribution in [2.75, 3.05) is 5.32 Å². The van der Waals surface area contributed by atoms with Crippen molar-refractivity contribution in [1.82, 2.24) is 0 Å². The Bertz CT molecular complexity index is 1280. The summed E-state index contributed by atoms with van der Waals surface area (Å²) in [6, 6.07) is 29.2. The van der Waals surface area contributed by atoms with E-state index in [4.69, 9.17) is 0 Å². The van der Waals surface area contributed by atoms with Gasteiger partial charge in [-0.3, -0.25) is 0 Å². The first kappa shape index (κ1) is 23.7. The van der Waals surface area contributed by atoms with Gasteiger partial charge in [0.1, 0.15) is 0 Å². The van der Waals surface area contributed by atoms with Crippen molar-refractivity contribution in [3.05, 3.63) is 119 Å². The van der Waals surface area contributed by atoms with Crippen molar-refractivity contribution in [3.63, 3.8) is 0 Å². The quantitative estimate of drug-likeness (QED) is 0.317. The Labute approximate surface area is 201 Å². The van der Waals surface area contributed by atoms with E-state index in [1.165, 1.54) is 17.7 Å². The maximum absolute atomic E-state index is 13.8. The van der Waals surface area contributed by atoms with Crippen LogP contribution in [0.15, 0.2) is 91.0 Å². The molecule has 4 aromatic carbocycles. The molecule has 4 rings (SSSR count). The average Bonchev–Trinajstić information content (AvgIpc) is 2.81. The molecule has 34 heavy (non-hydrogen) atoms. The highest BCUT2D eigenvalue weighted by Crippen LogP contribution is 2.36. The van der Waals surface area contributed by atoms with E-state index < -0.39 is 17.0 Å². The second-order valence-electron chi connectivity index (χ2n) is 10.3. The van der Waals surface area contributed by atoms with E-state index in [9.17, 15) is 8.78 Å². The molecule has 0 aliphatic rings. The predicted octanol–water partition coefficient (Wildman–Crippen LogP) is 9.00. The summed E-state index contributed by atoms with van der Waals surface area (Å²) in [5.41, 5.74) is 6.93. The molecule has 0 radical (unpaired) electrons. The number of hydrogen-bond acceptors (Lipinski definition) is 1. The molecule has 0 spiro atoms. The van der Waals surface area contributed by atoms with Gasteiger partial charge in [-0.15, -0.1) is 0 Å². The summed E-state index contributed by atoms with van der Waals surface area (Å²) in [4.78, 5) is 0. The molecule has 0 heterocycles. The van der Waals surface area contributed by atoms with Gasteiger partial charge in [-0.25, -0.2) is 8.78 Å². The molecule has 1 nitrogen and oxygen atoms in total. The third-order valence-corrected chi connectivity index (χ3v) is 6.50. The van der Waals surface area contributed by atoms with Gasteiger partial charge in [0.05, 0.1) is 0 Å². The van der Waals surface area contributed by atoms with E-state index in [2.05, 4.69) is 68.6 Å². The number of nitrogens with one attached hydrogen (secondary N) is 1. The molecular formula is C31H31F2N. The summed E-state index contributed by atoms with van der Waals surface area (Å²) < 4.78 is 27.2. The summed E-state index contributed by atoms with van der Waals surface area (Å²) in [7, 11) is 0. The van der Waals surface area contributed by atoms with Crippen LogP contribution in [0.5, 0.6) is 0 Å². The van der Waals surface area contributed by atoms with E-state index in [1.54, 1.807) is 6.07 Å². The van der Waals surface area contributed by atoms with Crippen molar-refractivity contribution in [2.24, 2.45) is 0 Å². The Kier molecular flexibility index (Phi) is 6.31. The molecule has 0 saturated heterocycles. The monoisotopic (exact) mass is 455 g/mol. The number of rotatable bonds is 5. The minimum Gasteiger partial charge on any atom is -0.355 e. The number of halogens is 2. The van der Waals surface area contributed by atoms with E-state index in [0.717, 1.165) is 33.6 Å². The van der Waals surface area contributed by atoms with Gasteiger partial charge >= 0.3 is 0 Å². The van der Waals surface area contributed by atoms with Gasteiger partial charge in [0, 0.05) is 22.4 Å². The van der Waals surface area contributed by atoms with Crippen LogP contribution in [-0.4, -0.2) is 0 Å². The van der Waals surface area contributed by atoms with Crippen molar-refractivity contribution in [1.29, 1.82) is 0 Å². The molecule has 0 unspecified atom stereocenters. The van der Waals surface area contributed by atoms with Crippen molar-refractivity contribution in [2.45, 2.75) is 45.4 Å². The first-order valence-electron chi connectivity index (χ1n) is 11.6. The second kappa shape index (κ2) is 9.06. The Morgan fingerprint density at radius 2 is 1.21 bits per heavy atom. The highest BCUT2D eigenvalue weighted by molar-refractivity contribution is 5.81. The van der Waals surface area contributed by atoms with E-state index >= 15 is 0 Å². The fraction of sp³-hybridized carbons (Fsp3) is 0.226. The normalized spacial score (nSPS) is 12.0. The summed E-state index contributed by atoms with van der Waals surface area (Å²) in [5, 5.41) is 3.58. The molecule has 0 atom stereocenters. The van der Waals surface area contributed by atoms with Gasteiger partial charge < -0.3 is 5.32 Å². The minimum atomic E-state index is -0.828. The summed E-state index contributed by atoms with van der Waals surface area (Å²) in [5.74, 6) is -1.65. The van der Waals surface area contributed by atoms with Crippen LogP contribution in [0.2, 0.25) is 0 Å². The zero-order valence-corrected chi connectivity index (χ0v) is 20.4. The zero-order valence-electron chi connectivity index (χ0n) is 20.4. The lowest BCUT2D eigenvalue weighted by Crippen LogP contribution is -2.19. The van der Waals surface area contributed by atoms with Crippen LogP contribution in [0.3, 0.4) is 0 Å². The molecule has 0 bridgehead atoms. The van der Waals surface area contributed by atoms with Crippen molar-refractivity contribution in [3.8, 4) is 11.1 Å². The van der Waals surface area contributed by atoms with E-state index in [0.29, 0.717) is 0 Å². The molecule has 0 aromatic heterocycles. The third kappa shape index (κ3) is 4.89. The lowest BCUT2D eigenvalue weighted by atomic mass is 9.78. The third-order valence-electron chi connectivity index (χ3n) is 6.50. The maximum atomic E-state index is 13.8. The van der Waals surface area contributed by atoms with Crippen LogP contribution in [0.25, 0.3) is 11.1 Å². The molecule has 4 aromatic rings. The van der Waals surface area contributed by atoms with Gasteiger partial charge in [-0.2, -0.15) is 0 Å². The second-order valence-corrected chi connectivity index (χ2v) is 10.3.